The van der Waals surface area contributed by atoms with Gasteiger partial charge in [0.15, 0.2) is 11.4 Å². The minimum absolute atomic E-state index is 0.116. The molecule has 220 valence electrons. The number of rotatable bonds is 4. The SMILES string of the molecule is C[C@H]1c2ccc(NC(=O)Nc3ccccc3)c(O)c2C(O)=C2C(=O)[C@]3(O)C(O)=C(C(N)=O)C(=O)[C@@H](N(C)C)C3[C@@H](O)C21. The topological polar surface area (TPSA) is 223 Å². The van der Waals surface area contributed by atoms with Crippen LogP contribution < -0.4 is 16.4 Å². The summed E-state index contributed by atoms with van der Waals surface area (Å²) in [5.41, 5.74) is 1.24. The number of phenolic OH excluding ortho intramolecular Hbond substituents is 1. The molecule has 0 aliphatic heterocycles. The first kappa shape index (κ1) is 28.8. The van der Waals surface area contributed by atoms with E-state index in [9.17, 15) is 44.7 Å². The predicted octanol–water partition coefficient (Wildman–Crippen LogP) is 1.14. The summed E-state index contributed by atoms with van der Waals surface area (Å²) in [7, 11) is 2.87. The smallest absolute Gasteiger partial charge is 0.323 e. The van der Waals surface area contributed by atoms with Crippen LogP contribution in [0.3, 0.4) is 0 Å². The maximum Gasteiger partial charge on any atom is 0.323 e. The number of aliphatic hydroxyl groups excluding tert-OH is 3. The lowest BCUT2D eigenvalue weighted by Crippen LogP contribution is -2.70. The third-order valence-electron chi connectivity index (χ3n) is 8.41. The Labute approximate surface area is 239 Å². The first-order valence-corrected chi connectivity index (χ1v) is 13.0. The number of phenols is 1. The molecule has 0 heterocycles. The molecule has 0 aromatic heterocycles. The summed E-state index contributed by atoms with van der Waals surface area (Å²) in [4.78, 5) is 53.3. The Morgan fingerprint density at radius 1 is 1.00 bits per heavy atom. The van der Waals surface area contributed by atoms with Gasteiger partial charge in [0.1, 0.15) is 22.8 Å². The van der Waals surface area contributed by atoms with Gasteiger partial charge in [0.05, 0.1) is 29.3 Å². The molecule has 13 heteroatoms. The summed E-state index contributed by atoms with van der Waals surface area (Å²) < 4.78 is 0. The van der Waals surface area contributed by atoms with E-state index in [0.29, 0.717) is 11.3 Å². The van der Waals surface area contributed by atoms with Crippen LogP contribution in [-0.2, 0) is 14.4 Å². The van der Waals surface area contributed by atoms with Crippen molar-refractivity contribution in [1.82, 2.24) is 4.90 Å². The Kier molecular flexibility index (Phi) is 6.84. The van der Waals surface area contributed by atoms with Crippen LogP contribution in [0.1, 0.15) is 24.0 Å². The molecule has 2 aromatic carbocycles. The van der Waals surface area contributed by atoms with Crippen molar-refractivity contribution >= 4 is 40.6 Å². The van der Waals surface area contributed by atoms with Gasteiger partial charge < -0.3 is 41.9 Å². The summed E-state index contributed by atoms with van der Waals surface area (Å²) in [6.45, 7) is 1.62. The van der Waals surface area contributed by atoms with Crippen LogP contribution in [0.15, 0.2) is 59.4 Å². The molecule has 0 bridgehead atoms. The number of aromatic hydroxyl groups is 1. The third kappa shape index (κ3) is 3.96. The van der Waals surface area contributed by atoms with Gasteiger partial charge in [-0.15, -0.1) is 0 Å². The van der Waals surface area contributed by atoms with Crippen molar-refractivity contribution in [2.24, 2.45) is 17.6 Å². The Balaban J connectivity index is 1.64. The maximum absolute atomic E-state index is 14.0. The van der Waals surface area contributed by atoms with Gasteiger partial charge in [-0.25, -0.2) is 4.79 Å². The quantitative estimate of drug-likeness (QED) is 0.191. The fourth-order valence-corrected chi connectivity index (χ4v) is 6.52. The van der Waals surface area contributed by atoms with Crippen LogP contribution >= 0.6 is 0 Å². The Morgan fingerprint density at radius 2 is 1.64 bits per heavy atom. The number of likely N-dealkylation sites (N-methyl/N-ethyl adjacent to an activating group) is 1. The predicted molar refractivity (Wildman–Crippen MR) is 149 cm³/mol. The minimum atomic E-state index is -3.01. The first-order chi connectivity index (χ1) is 19.7. The molecule has 1 saturated carbocycles. The van der Waals surface area contributed by atoms with Gasteiger partial charge in [-0.1, -0.05) is 31.2 Å². The summed E-state index contributed by atoms with van der Waals surface area (Å²) >= 11 is 0. The number of aliphatic hydroxyl groups is 4. The van der Waals surface area contributed by atoms with Gasteiger partial charge in [-0.2, -0.15) is 0 Å². The molecule has 0 saturated heterocycles. The van der Waals surface area contributed by atoms with E-state index in [-0.39, 0.29) is 11.3 Å². The van der Waals surface area contributed by atoms with E-state index in [1.807, 2.05) is 0 Å². The summed E-state index contributed by atoms with van der Waals surface area (Å²) in [5, 5.41) is 62.0. The molecule has 3 aliphatic carbocycles. The largest absolute Gasteiger partial charge is 0.508 e. The monoisotopic (exact) mass is 578 g/mol. The van der Waals surface area contributed by atoms with E-state index in [2.05, 4.69) is 10.6 Å². The number of primary amides is 1. The van der Waals surface area contributed by atoms with Crippen molar-refractivity contribution in [3.8, 4) is 5.75 Å². The van der Waals surface area contributed by atoms with Crippen molar-refractivity contribution in [1.29, 1.82) is 0 Å². The van der Waals surface area contributed by atoms with Crippen molar-refractivity contribution in [2.75, 3.05) is 24.7 Å². The van der Waals surface area contributed by atoms with Crippen LogP contribution in [-0.4, -0.2) is 85.8 Å². The molecular weight excluding hydrogens is 548 g/mol. The Bertz CT molecular complexity index is 1600. The molecule has 2 aromatic rings. The number of hydrogen-bond acceptors (Lipinski definition) is 10. The van der Waals surface area contributed by atoms with Crippen molar-refractivity contribution in [3.05, 3.63) is 70.5 Å². The number of fused-ring (bicyclic) bond motifs is 3. The number of amides is 3. The Hall–Kier alpha value is -4.72. The molecule has 3 amide bonds. The van der Waals surface area contributed by atoms with E-state index in [4.69, 9.17) is 5.73 Å². The number of ketones is 2. The molecule has 0 spiro atoms. The number of urea groups is 1. The number of nitrogens with two attached hydrogens (primary N) is 1. The standard InChI is InChI=1S/C29H30N4O9/c1-11-13-9-10-14(32-28(41)31-12-7-5-4-6-8-12)21(34)16(13)22(35)17-15(11)23(36)19-20(33(2)3)24(37)18(27(30)40)26(39)29(19,42)25(17)38/h4-11,15,19-20,23,34-36,39,42H,1-3H3,(H2,30,40)(H2,31,32,41)/t11-,15?,19?,20-,23-,29-/m0/s1. The Morgan fingerprint density at radius 3 is 2.24 bits per heavy atom. The number of carbonyl (C=O) groups is 4. The highest BCUT2D eigenvalue weighted by Crippen LogP contribution is 2.56. The highest BCUT2D eigenvalue weighted by atomic mass is 16.4. The summed E-state index contributed by atoms with van der Waals surface area (Å²) in [5.74, 6) is -9.95. The molecule has 1 fully saturated rings. The second-order valence-electron chi connectivity index (χ2n) is 10.9. The van der Waals surface area contributed by atoms with E-state index in [1.54, 1.807) is 37.3 Å². The van der Waals surface area contributed by atoms with E-state index < -0.39 is 87.4 Å². The molecule has 42 heavy (non-hydrogen) atoms. The third-order valence-corrected chi connectivity index (χ3v) is 8.41. The molecule has 5 rings (SSSR count). The number of para-hydroxylation sites is 1. The van der Waals surface area contributed by atoms with Gasteiger partial charge in [0.2, 0.25) is 5.78 Å². The van der Waals surface area contributed by atoms with E-state index in [1.165, 1.54) is 31.1 Å². The van der Waals surface area contributed by atoms with Gasteiger partial charge >= 0.3 is 6.03 Å². The zero-order valence-corrected chi connectivity index (χ0v) is 22.8. The van der Waals surface area contributed by atoms with Gasteiger partial charge in [0, 0.05) is 17.2 Å². The van der Waals surface area contributed by atoms with Crippen LogP contribution in [0.4, 0.5) is 16.2 Å². The number of nitrogens with one attached hydrogen (secondary N) is 2. The molecular formula is C29H30N4O9. The van der Waals surface area contributed by atoms with Crippen molar-refractivity contribution in [2.45, 2.75) is 30.6 Å². The van der Waals surface area contributed by atoms with Crippen LogP contribution in [0.2, 0.25) is 0 Å². The lowest BCUT2D eigenvalue weighted by molar-refractivity contribution is -0.169. The van der Waals surface area contributed by atoms with E-state index in [0.717, 1.165) is 0 Å². The number of carbonyl (C=O) groups excluding carboxylic acids is 4. The minimum Gasteiger partial charge on any atom is -0.508 e. The van der Waals surface area contributed by atoms with Crippen LogP contribution in [0.25, 0.3) is 5.76 Å². The molecule has 9 N–H and O–H groups in total. The maximum atomic E-state index is 14.0. The summed E-state index contributed by atoms with van der Waals surface area (Å²) in [6, 6.07) is 9.24. The molecule has 13 nitrogen and oxygen atoms in total. The van der Waals surface area contributed by atoms with Crippen LogP contribution in [0, 0.1) is 11.8 Å². The number of hydrogen-bond donors (Lipinski definition) is 8. The van der Waals surface area contributed by atoms with Gasteiger partial charge in [-0.3, -0.25) is 19.3 Å². The number of nitrogens with zero attached hydrogens (tertiary/aromatic N) is 1. The second kappa shape index (κ2) is 9.98. The second-order valence-corrected chi connectivity index (χ2v) is 10.9. The molecule has 3 aliphatic rings. The number of Topliss-reactive ketones (excluding diaryl/α,β-unsaturated/α-hetero) is 2. The lowest BCUT2D eigenvalue weighted by Gasteiger charge is -2.53. The van der Waals surface area contributed by atoms with Crippen LogP contribution in [0.5, 0.6) is 5.75 Å². The van der Waals surface area contributed by atoms with Crippen molar-refractivity contribution < 1.29 is 44.7 Å². The van der Waals surface area contributed by atoms with Gasteiger partial charge in [0.25, 0.3) is 5.91 Å². The average molecular weight is 579 g/mol. The fourth-order valence-electron chi connectivity index (χ4n) is 6.52. The highest BCUT2D eigenvalue weighted by molar-refractivity contribution is 6.24. The average Bonchev–Trinajstić information content (AvgIpc) is 2.92. The van der Waals surface area contributed by atoms with Crippen molar-refractivity contribution in [3.63, 3.8) is 0 Å². The fraction of sp³-hybridized carbons (Fsp3) is 0.310. The molecule has 6 atom stereocenters. The number of anilines is 2. The molecule has 2 unspecified atom stereocenters. The highest BCUT2D eigenvalue weighted by Gasteiger charge is 2.68. The number of benzene rings is 2. The van der Waals surface area contributed by atoms with E-state index >= 15 is 0 Å². The normalized spacial score (nSPS) is 28.7. The van der Waals surface area contributed by atoms with Gasteiger partial charge in [-0.05, 0) is 43.8 Å². The first-order valence-electron chi connectivity index (χ1n) is 13.0. The summed E-state index contributed by atoms with van der Waals surface area (Å²) in [6.07, 6.45) is -1.70. The lowest BCUT2D eigenvalue weighted by atomic mass is 9.54. The molecule has 0 radical (unpaired) electrons. The zero-order valence-electron chi connectivity index (χ0n) is 22.8. The zero-order chi connectivity index (χ0) is 30.8.